The molecule has 0 saturated carbocycles. The second-order valence-electron chi connectivity index (χ2n) is 11.3. The lowest BCUT2D eigenvalue weighted by Gasteiger charge is -2.41. The fourth-order valence-corrected chi connectivity index (χ4v) is 6.68. The van der Waals surface area contributed by atoms with E-state index in [2.05, 4.69) is 10.4 Å². The summed E-state index contributed by atoms with van der Waals surface area (Å²) in [7, 11) is 0. The molecular weight excluding hydrogens is 588 g/mol. The maximum absolute atomic E-state index is 14.2. The zero-order chi connectivity index (χ0) is 31.3. The molecule has 1 fully saturated rings. The third-order valence-electron chi connectivity index (χ3n) is 8.73. The monoisotopic (exact) mass is 614 g/mol. The summed E-state index contributed by atoms with van der Waals surface area (Å²) < 4.78 is 12.6. The van der Waals surface area contributed by atoms with Crippen LogP contribution in [0.4, 0.5) is 0 Å². The van der Waals surface area contributed by atoms with Crippen molar-refractivity contribution >= 4 is 55.4 Å². The van der Waals surface area contributed by atoms with Gasteiger partial charge in [0, 0.05) is 45.8 Å². The Morgan fingerprint density at radius 1 is 0.867 bits per heavy atom. The van der Waals surface area contributed by atoms with E-state index in [9.17, 15) is 40.2 Å². The summed E-state index contributed by atoms with van der Waals surface area (Å²) >= 11 is 0. The van der Waals surface area contributed by atoms with Crippen LogP contribution >= 0.6 is 0 Å². The quantitative estimate of drug-likeness (QED) is 0.131. The van der Waals surface area contributed by atoms with Crippen molar-refractivity contribution in [1.82, 2.24) is 20.0 Å². The Balaban J connectivity index is 1.49. The fraction of sp³-hybridized carbons (Fsp3) is 0.226. The first-order valence-electron chi connectivity index (χ1n) is 14.1. The minimum Gasteiger partial charge on any atom is -0.508 e. The van der Waals surface area contributed by atoms with Crippen LogP contribution in [0.1, 0.15) is 32.5 Å². The summed E-state index contributed by atoms with van der Waals surface area (Å²) in [4.78, 5) is 31.6. The molecule has 3 aromatic carbocycles. The molecule has 2 aliphatic heterocycles. The maximum Gasteiger partial charge on any atom is 0.276 e. The summed E-state index contributed by atoms with van der Waals surface area (Å²) in [6.07, 6.45) is -4.80. The van der Waals surface area contributed by atoms with E-state index >= 15 is 0 Å². The number of ether oxygens (including phenoxy) is 1. The number of hydrogen-bond acceptors (Lipinski definition) is 11. The Bertz CT molecular complexity index is 2180. The number of nitrogens with one attached hydrogen (secondary N) is 2. The first-order chi connectivity index (χ1) is 21.7. The molecule has 6 aromatic rings. The van der Waals surface area contributed by atoms with Crippen molar-refractivity contribution in [2.45, 2.75) is 37.2 Å². The lowest BCUT2D eigenvalue weighted by Crippen LogP contribution is -2.56. The van der Waals surface area contributed by atoms with Gasteiger partial charge in [-0.3, -0.25) is 9.59 Å². The molecule has 0 radical (unpaired) electrons. The van der Waals surface area contributed by atoms with Gasteiger partial charge < -0.3 is 49.3 Å². The average Bonchev–Trinajstić information content (AvgIpc) is 3.79. The topological polar surface area (TPSA) is 214 Å². The molecule has 1 saturated heterocycles. The summed E-state index contributed by atoms with van der Waals surface area (Å²) in [5.41, 5.74) is 5.07. The number of carbonyl (C=O) groups excluding carboxylic acids is 2. The lowest BCUT2D eigenvalue weighted by atomic mass is 9.96. The molecule has 5 atom stereocenters. The van der Waals surface area contributed by atoms with Crippen molar-refractivity contribution in [1.29, 1.82) is 0 Å². The highest BCUT2D eigenvalue weighted by Crippen LogP contribution is 2.47. The second-order valence-corrected chi connectivity index (χ2v) is 11.3. The zero-order valence-corrected chi connectivity index (χ0v) is 23.2. The molecule has 0 bridgehead atoms. The van der Waals surface area contributed by atoms with Crippen molar-refractivity contribution in [2.24, 2.45) is 0 Å². The molecule has 8 N–H and O–H groups in total. The highest BCUT2D eigenvalue weighted by Gasteiger charge is 2.47. The number of aliphatic hydroxyl groups is 4. The molecule has 0 aliphatic carbocycles. The minimum atomic E-state index is -1.72. The molecule has 5 heterocycles. The predicted molar refractivity (Wildman–Crippen MR) is 157 cm³/mol. The molecule has 14 heteroatoms. The number of aromatic amines is 1. The molecule has 2 amide bonds. The first kappa shape index (κ1) is 27.6. The number of furan rings is 1. The Kier molecular flexibility index (Phi) is 5.99. The third-order valence-corrected chi connectivity index (χ3v) is 8.73. The maximum atomic E-state index is 14.2. The summed E-state index contributed by atoms with van der Waals surface area (Å²) in [6.45, 7) is -0.568. The van der Waals surface area contributed by atoms with Crippen LogP contribution < -0.4 is 5.43 Å². The van der Waals surface area contributed by atoms with E-state index in [1.807, 2.05) is 0 Å². The van der Waals surface area contributed by atoms with Crippen molar-refractivity contribution in [2.75, 3.05) is 6.61 Å². The van der Waals surface area contributed by atoms with E-state index in [1.54, 1.807) is 18.2 Å². The first-order valence-corrected chi connectivity index (χ1v) is 14.1. The van der Waals surface area contributed by atoms with E-state index in [4.69, 9.17) is 9.15 Å². The van der Waals surface area contributed by atoms with Crippen LogP contribution in [0.25, 0.3) is 43.6 Å². The van der Waals surface area contributed by atoms with Gasteiger partial charge in [-0.25, -0.2) is 10.4 Å². The molecule has 2 aliphatic rings. The van der Waals surface area contributed by atoms with E-state index in [-0.39, 0.29) is 40.2 Å². The van der Waals surface area contributed by atoms with Gasteiger partial charge in [0.2, 0.25) is 0 Å². The SMILES string of the molecule is O=C1c2c(c3c4ccc(O)cc4n(C4O[C@@H](CO)[C@H](O)[C@@H](O)[C@@H]4O)c3c3[nH]c4cc(O)ccc4c23)C(=O)N1NCc1ccoc1. The molecular formula is C31H26N4O10. The van der Waals surface area contributed by atoms with Crippen molar-refractivity contribution in [3.8, 4) is 11.5 Å². The number of nitrogens with zero attached hydrogens (tertiary/aromatic N) is 2. The van der Waals surface area contributed by atoms with Crippen LogP contribution in [0.5, 0.6) is 11.5 Å². The van der Waals surface area contributed by atoms with Gasteiger partial charge in [0.1, 0.15) is 35.9 Å². The van der Waals surface area contributed by atoms with E-state index in [0.717, 1.165) is 5.01 Å². The molecule has 3 aromatic heterocycles. The Labute approximate surface area is 251 Å². The number of aromatic hydroxyl groups is 2. The number of benzene rings is 3. The van der Waals surface area contributed by atoms with Gasteiger partial charge in [0.05, 0.1) is 52.3 Å². The summed E-state index contributed by atoms with van der Waals surface area (Å²) in [5, 5.41) is 65.7. The number of phenols is 2. The van der Waals surface area contributed by atoms with Gasteiger partial charge in [-0.2, -0.15) is 0 Å². The summed E-state index contributed by atoms with van der Waals surface area (Å²) in [6, 6.07) is 10.6. The predicted octanol–water partition coefficient (Wildman–Crippen LogP) is 1.71. The van der Waals surface area contributed by atoms with Gasteiger partial charge >= 0.3 is 0 Å². The third kappa shape index (κ3) is 3.78. The van der Waals surface area contributed by atoms with E-state index in [1.165, 1.54) is 41.4 Å². The lowest BCUT2D eigenvalue weighted by molar-refractivity contribution is -0.249. The number of amides is 2. The Morgan fingerprint density at radius 2 is 1.58 bits per heavy atom. The Morgan fingerprint density at radius 3 is 2.29 bits per heavy atom. The number of phenolic OH excluding ortho intramolecular Hbond substituents is 2. The smallest absolute Gasteiger partial charge is 0.276 e. The standard InChI is InChI=1S/C31H26N4O10/c36-10-19-26(39)27(40)28(41)31(45-19)34-18-8-14(38)2-4-16(18)21-23-22(29(42)35(30(23)43)32-9-12-5-6-44-11-12)20-15-3-1-13(37)7-17(15)33-24(20)25(21)34/h1-8,11,19,26-28,31-33,36-41H,9-10H2/t19-,26-,27+,28-,31?/m0/s1. The highest BCUT2D eigenvalue weighted by molar-refractivity contribution is 6.39. The molecule has 0 spiro atoms. The molecule has 1 unspecified atom stereocenters. The molecule has 14 nitrogen and oxygen atoms in total. The number of hydrogen-bond donors (Lipinski definition) is 8. The van der Waals surface area contributed by atoms with Crippen LogP contribution in [-0.4, -0.2) is 88.0 Å². The van der Waals surface area contributed by atoms with Gasteiger partial charge in [0.15, 0.2) is 6.23 Å². The number of imide groups is 1. The van der Waals surface area contributed by atoms with Crippen LogP contribution in [0, 0.1) is 0 Å². The largest absolute Gasteiger partial charge is 0.508 e. The number of carbonyl (C=O) groups is 2. The van der Waals surface area contributed by atoms with Gasteiger partial charge in [0.25, 0.3) is 11.8 Å². The molecule has 45 heavy (non-hydrogen) atoms. The second kappa shape index (κ2) is 9.77. The van der Waals surface area contributed by atoms with Crippen LogP contribution in [0.15, 0.2) is 59.4 Å². The minimum absolute atomic E-state index is 0.0489. The number of hydrazine groups is 1. The zero-order valence-electron chi connectivity index (χ0n) is 23.2. The Hall–Kier alpha value is -4.96. The van der Waals surface area contributed by atoms with Crippen LogP contribution in [0.3, 0.4) is 0 Å². The number of aliphatic hydroxyl groups excluding tert-OH is 4. The number of H-pyrrole nitrogens is 1. The highest BCUT2D eigenvalue weighted by atomic mass is 16.6. The van der Waals surface area contributed by atoms with Crippen molar-refractivity contribution in [3.63, 3.8) is 0 Å². The molecule has 230 valence electrons. The van der Waals surface area contributed by atoms with Crippen molar-refractivity contribution < 1.29 is 49.4 Å². The van der Waals surface area contributed by atoms with E-state index < -0.39 is 49.1 Å². The van der Waals surface area contributed by atoms with Crippen LogP contribution in [0.2, 0.25) is 0 Å². The van der Waals surface area contributed by atoms with Crippen molar-refractivity contribution in [3.05, 3.63) is 71.7 Å². The molecule has 8 rings (SSSR count). The summed E-state index contributed by atoms with van der Waals surface area (Å²) in [5.74, 6) is -1.48. The van der Waals surface area contributed by atoms with Gasteiger partial charge in [-0.15, -0.1) is 0 Å². The number of fused-ring (bicyclic) bond motifs is 10. The normalized spacial score (nSPS) is 23.7. The number of rotatable bonds is 5. The number of aromatic nitrogens is 2. The van der Waals surface area contributed by atoms with Crippen LogP contribution in [-0.2, 0) is 11.3 Å². The average molecular weight is 615 g/mol. The fourth-order valence-electron chi connectivity index (χ4n) is 6.68. The van der Waals surface area contributed by atoms with E-state index in [0.29, 0.717) is 38.1 Å². The van der Waals surface area contributed by atoms with Gasteiger partial charge in [-0.05, 0) is 30.3 Å². The van der Waals surface area contributed by atoms with Gasteiger partial charge in [-0.1, -0.05) is 0 Å².